The topological polar surface area (TPSA) is 144 Å². The maximum atomic E-state index is 13.9. The van der Waals surface area contributed by atoms with Crippen LogP contribution in [-0.4, -0.2) is 33.4 Å². The number of benzene rings is 4. The Kier molecular flexibility index (Phi) is 7.33. The lowest BCUT2D eigenvalue weighted by Crippen LogP contribution is -2.31. The minimum absolute atomic E-state index is 0.0390. The Morgan fingerprint density at radius 3 is 2.31 bits per heavy atom. The Balaban J connectivity index is 1.29. The van der Waals surface area contributed by atoms with Gasteiger partial charge in [0.1, 0.15) is 16.9 Å². The Morgan fingerprint density at radius 2 is 1.64 bits per heavy atom. The normalized spacial score (nSPS) is 18.1. The average molecular weight is 607 g/mol. The quantitative estimate of drug-likeness (QED) is 0.150. The summed E-state index contributed by atoms with van der Waals surface area (Å²) in [7, 11) is -7.31. The van der Waals surface area contributed by atoms with Crippen LogP contribution in [-0.2, 0) is 21.2 Å². The van der Waals surface area contributed by atoms with Crippen LogP contribution in [0, 0.1) is 5.82 Å². The highest BCUT2D eigenvalue weighted by molar-refractivity contribution is 8.23. The number of nitrogens with zero attached hydrogens (tertiary/aromatic N) is 1. The molecular weight excluding hydrogens is 579 g/mol. The molecule has 4 aromatic carbocycles. The maximum Gasteiger partial charge on any atom is 0.241 e. The fourth-order valence-corrected chi connectivity index (χ4v) is 7.73. The van der Waals surface area contributed by atoms with E-state index in [0.717, 1.165) is 16.7 Å². The molecule has 0 saturated carbocycles. The average Bonchev–Trinajstić information content (AvgIpc) is 3.52. The third-order valence-electron chi connectivity index (χ3n) is 7.18. The summed E-state index contributed by atoms with van der Waals surface area (Å²) < 4.78 is 66.4. The van der Waals surface area contributed by atoms with Gasteiger partial charge in [-0.15, -0.1) is 10.8 Å². The summed E-state index contributed by atoms with van der Waals surface area (Å²) in [6, 6.07) is 26.3. The first-order chi connectivity index (χ1) is 20.1. The fourth-order valence-electron chi connectivity index (χ4n) is 5.05. The van der Waals surface area contributed by atoms with Gasteiger partial charge in [0, 0.05) is 0 Å². The van der Waals surface area contributed by atoms with Crippen molar-refractivity contribution < 1.29 is 26.7 Å². The highest BCUT2D eigenvalue weighted by Crippen LogP contribution is 2.56. The van der Waals surface area contributed by atoms with Crippen molar-refractivity contribution in [2.75, 3.05) is 0 Å². The monoisotopic (exact) mass is 606 g/mol. The molecule has 1 saturated heterocycles. The number of H-pyrrole nitrogens is 1. The van der Waals surface area contributed by atoms with Crippen LogP contribution in [0.15, 0.2) is 102 Å². The summed E-state index contributed by atoms with van der Waals surface area (Å²) in [6.07, 6.45) is 0.144. The van der Waals surface area contributed by atoms with Crippen LogP contribution in [0.1, 0.15) is 34.7 Å². The molecule has 12 heteroatoms. The molecule has 2 atom stereocenters. The molecule has 42 heavy (non-hydrogen) atoms. The van der Waals surface area contributed by atoms with E-state index in [1.165, 1.54) is 18.2 Å². The lowest BCUT2D eigenvalue weighted by molar-refractivity contribution is -0.118. The van der Waals surface area contributed by atoms with Crippen LogP contribution in [0.3, 0.4) is 0 Å². The first-order valence-corrected chi connectivity index (χ1v) is 16.2. The van der Waals surface area contributed by atoms with Gasteiger partial charge in [0.25, 0.3) is 0 Å². The Labute approximate surface area is 243 Å². The molecule has 1 fully saturated rings. The molecule has 5 N–H and O–H groups in total. The van der Waals surface area contributed by atoms with Crippen LogP contribution in [0.2, 0.25) is 0 Å². The van der Waals surface area contributed by atoms with Crippen LogP contribution in [0.25, 0.3) is 22.2 Å². The number of aromatic amines is 1. The van der Waals surface area contributed by atoms with Gasteiger partial charge in [0.2, 0.25) is 15.9 Å². The van der Waals surface area contributed by atoms with E-state index >= 15 is 0 Å². The van der Waals surface area contributed by atoms with Crippen molar-refractivity contribution in [3.63, 3.8) is 0 Å². The zero-order valence-corrected chi connectivity index (χ0v) is 23.7. The van der Waals surface area contributed by atoms with Crippen LogP contribution in [0.4, 0.5) is 4.39 Å². The highest BCUT2D eigenvalue weighted by atomic mass is 32.3. The Bertz CT molecular complexity index is 1860. The number of amides is 1. The third-order valence-corrected chi connectivity index (χ3v) is 10.4. The molecule has 216 valence electrons. The number of fused-ring (bicyclic) bond motifs is 1. The van der Waals surface area contributed by atoms with Crippen molar-refractivity contribution in [1.82, 2.24) is 19.4 Å². The van der Waals surface area contributed by atoms with Crippen LogP contribution < -0.4 is 9.44 Å². The number of carbonyl (C=O) groups excluding carboxylic acids is 1. The second kappa shape index (κ2) is 11.0. The van der Waals surface area contributed by atoms with Gasteiger partial charge >= 0.3 is 0 Å². The van der Waals surface area contributed by atoms with E-state index in [1.807, 2.05) is 30.3 Å². The van der Waals surface area contributed by atoms with E-state index in [9.17, 15) is 26.7 Å². The summed E-state index contributed by atoms with van der Waals surface area (Å²) in [4.78, 5) is 19.4. The zero-order chi connectivity index (χ0) is 29.5. The van der Waals surface area contributed by atoms with E-state index in [-0.39, 0.29) is 17.7 Å². The number of halogens is 1. The van der Waals surface area contributed by atoms with E-state index in [1.54, 1.807) is 48.5 Å². The third kappa shape index (κ3) is 5.80. The van der Waals surface area contributed by atoms with E-state index in [2.05, 4.69) is 19.4 Å². The number of sulfonamides is 1. The second-order valence-electron chi connectivity index (χ2n) is 10.1. The van der Waals surface area contributed by atoms with E-state index in [0.29, 0.717) is 22.4 Å². The molecule has 5 aromatic rings. The molecule has 0 radical (unpaired) electrons. The Hall–Kier alpha value is -4.07. The lowest BCUT2D eigenvalue weighted by atomic mass is 10.0. The van der Waals surface area contributed by atoms with Crippen molar-refractivity contribution in [3.05, 3.63) is 120 Å². The predicted octanol–water partition coefficient (Wildman–Crippen LogP) is 5.86. The maximum absolute atomic E-state index is 13.9. The summed E-state index contributed by atoms with van der Waals surface area (Å²) in [5, 5.41) is -0.766. The number of carbonyl (C=O) groups is 1. The minimum Gasteiger partial charge on any atom is -0.341 e. The van der Waals surface area contributed by atoms with Crippen LogP contribution >= 0.6 is 10.8 Å². The Morgan fingerprint density at radius 1 is 0.952 bits per heavy atom. The second-order valence-corrected chi connectivity index (χ2v) is 13.8. The van der Waals surface area contributed by atoms with Gasteiger partial charge in [-0.05, 0) is 59.0 Å². The molecule has 1 amide bonds. The highest BCUT2D eigenvalue weighted by Gasteiger charge is 2.38. The molecule has 6 rings (SSSR count). The fraction of sp³-hybridized carbons (Fsp3) is 0.133. The van der Waals surface area contributed by atoms with Gasteiger partial charge in [-0.2, -0.15) is 0 Å². The van der Waals surface area contributed by atoms with E-state index in [4.69, 9.17) is 0 Å². The SMILES string of the molecule is O=C1CC(c2ccc(C[C@H](NS(=O)(=O)c3ccc(-c4ccccc4)cc3)c3nc4ccc(F)cc4[nH]3)cc2)S(O)(O)N1. The van der Waals surface area contributed by atoms with Gasteiger partial charge in [-0.3, -0.25) is 18.6 Å². The van der Waals surface area contributed by atoms with Crippen LogP contribution in [0.5, 0.6) is 0 Å². The summed E-state index contributed by atoms with van der Waals surface area (Å²) in [5.74, 6) is -0.574. The summed E-state index contributed by atoms with van der Waals surface area (Å²) in [6.45, 7) is 0. The van der Waals surface area contributed by atoms with Gasteiger partial charge in [0.05, 0.1) is 28.4 Å². The first-order valence-electron chi connectivity index (χ1n) is 13.1. The largest absolute Gasteiger partial charge is 0.341 e. The first kappa shape index (κ1) is 28.1. The molecule has 1 aliphatic heterocycles. The van der Waals surface area contributed by atoms with Gasteiger partial charge in [-0.25, -0.2) is 22.5 Å². The molecule has 1 aromatic heterocycles. The number of hydrogen-bond donors (Lipinski definition) is 5. The molecule has 0 bridgehead atoms. The van der Waals surface area contributed by atoms with Crippen molar-refractivity contribution in [3.8, 4) is 11.1 Å². The van der Waals surface area contributed by atoms with Gasteiger partial charge in [-0.1, -0.05) is 66.7 Å². The lowest BCUT2D eigenvalue weighted by Gasteiger charge is -2.32. The van der Waals surface area contributed by atoms with Gasteiger partial charge < -0.3 is 4.98 Å². The van der Waals surface area contributed by atoms with Crippen molar-refractivity contribution in [2.24, 2.45) is 0 Å². The van der Waals surface area contributed by atoms with Crippen molar-refractivity contribution >= 4 is 37.7 Å². The van der Waals surface area contributed by atoms with Crippen molar-refractivity contribution in [2.45, 2.75) is 29.0 Å². The molecule has 0 spiro atoms. The number of nitrogens with one attached hydrogen (secondary N) is 3. The molecule has 1 aliphatic rings. The van der Waals surface area contributed by atoms with E-state index < -0.39 is 43.8 Å². The minimum atomic E-state index is -4.01. The van der Waals surface area contributed by atoms with Gasteiger partial charge in [0.15, 0.2) is 0 Å². The zero-order valence-electron chi connectivity index (χ0n) is 22.1. The molecule has 1 unspecified atom stereocenters. The summed E-state index contributed by atoms with van der Waals surface area (Å²) >= 11 is 0. The predicted molar refractivity (Wildman–Crippen MR) is 159 cm³/mol. The summed E-state index contributed by atoms with van der Waals surface area (Å²) in [5.41, 5.74) is 4.06. The number of imidazole rings is 1. The standard InChI is InChI=1S/C30H27FN4O5S2/c31-23-12-15-25-26(17-23)33-30(32-25)27(16-19-6-8-22(9-7-19)28-18-29(36)35-42(28,39)40)34-41(37,38)24-13-10-21(11-14-24)20-4-2-1-3-5-20/h1-15,17,27-28,34,39-40H,16,18H2,(H,32,33)(H,35,36)/t27-,28?/m0/s1. The smallest absolute Gasteiger partial charge is 0.241 e. The number of rotatable bonds is 8. The number of aromatic nitrogens is 2. The molecule has 9 nitrogen and oxygen atoms in total. The molecule has 2 heterocycles. The van der Waals surface area contributed by atoms with Crippen molar-refractivity contribution in [1.29, 1.82) is 0 Å². The number of hydrogen-bond acceptors (Lipinski definition) is 6. The molecular formula is C30H27FN4O5S2. The molecule has 0 aliphatic carbocycles.